The van der Waals surface area contributed by atoms with Gasteiger partial charge in [0.2, 0.25) is 11.7 Å². The first-order valence-corrected chi connectivity index (χ1v) is 7.48. The fourth-order valence-corrected chi connectivity index (χ4v) is 2.66. The quantitative estimate of drug-likeness (QED) is 0.847. The zero-order chi connectivity index (χ0) is 16.4. The molecular weight excluding hydrogens is 301 g/mol. The lowest BCUT2D eigenvalue weighted by molar-refractivity contribution is -0.144. The van der Waals surface area contributed by atoms with Gasteiger partial charge in [0.1, 0.15) is 12.4 Å². The topological polar surface area (TPSA) is 73.1 Å². The second-order valence-electron chi connectivity index (χ2n) is 5.71. The summed E-state index contributed by atoms with van der Waals surface area (Å²) in [7, 11) is 0. The molecule has 23 heavy (non-hydrogen) atoms. The molecule has 2 heterocycles. The zero-order valence-corrected chi connectivity index (χ0v) is 13.0. The number of tetrazole rings is 1. The summed E-state index contributed by atoms with van der Waals surface area (Å²) in [6.07, 6.45) is 0.0171. The first kappa shape index (κ1) is 15.5. The van der Waals surface area contributed by atoms with Crippen molar-refractivity contribution >= 4 is 5.91 Å². The molecule has 122 valence electrons. The number of amides is 1. The molecule has 1 amide bonds. The molecule has 2 atom stereocenters. The fraction of sp³-hybridized carbons (Fsp3) is 0.467. The van der Waals surface area contributed by atoms with Crippen molar-refractivity contribution < 1.29 is 13.9 Å². The molecule has 2 aromatic rings. The molecule has 0 aliphatic carbocycles. The number of nitrogens with zero attached hydrogens (tertiary/aromatic N) is 5. The van der Waals surface area contributed by atoms with Crippen LogP contribution in [0.1, 0.15) is 13.8 Å². The van der Waals surface area contributed by atoms with E-state index >= 15 is 0 Å². The van der Waals surface area contributed by atoms with E-state index in [1.54, 1.807) is 17.0 Å². The summed E-state index contributed by atoms with van der Waals surface area (Å²) in [5.74, 6) is -0.164. The molecule has 8 heteroatoms. The van der Waals surface area contributed by atoms with Gasteiger partial charge in [-0.15, -0.1) is 10.2 Å². The Balaban J connectivity index is 1.68. The SMILES string of the molecule is CC1CN(C(=O)Cn2nnc(-c3cccc(F)c3)n2)CC(C)O1. The standard InChI is InChI=1S/C15H18FN5O2/c1-10-7-20(8-11(2)23-10)14(22)9-21-18-15(17-19-21)12-4-3-5-13(16)6-12/h3-6,10-11H,7-9H2,1-2H3. The Morgan fingerprint density at radius 2 is 2.09 bits per heavy atom. The number of halogens is 1. The number of carbonyl (C=O) groups is 1. The zero-order valence-electron chi connectivity index (χ0n) is 13.0. The molecule has 0 N–H and O–H groups in total. The summed E-state index contributed by atoms with van der Waals surface area (Å²) in [5.41, 5.74) is 0.525. The van der Waals surface area contributed by atoms with Crippen LogP contribution in [-0.4, -0.2) is 56.3 Å². The van der Waals surface area contributed by atoms with Crippen LogP contribution in [0.25, 0.3) is 11.4 Å². The van der Waals surface area contributed by atoms with Gasteiger partial charge in [0, 0.05) is 18.7 Å². The van der Waals surface area contributed by atoms with E-state index in [0.717, 1.165) is 0 Å². The number of morpholine rings is 1. The Morgan fingerprint density at radius 3 is 2.78 bits per heavy atom. The summed E-state index contributed by atoms with van der Waals surface area (Å²) in [6.45, 7) is 4.97. The van der Waals surface area contributed by atoms with Crippen LogP contribution >= 0.6 is 0 Å². The summed E-state index contributed by atoms with van der Waals surface area (Å²) < 4.78 is 18.8. The molecule has 0 spiro atoms. The van der Waals surface area contributed by atoms with E-state index in [0.29, 0.717) is 24.5 Å². The molecule has 1 aromatic heterocycles. The molecule has 2 unspecified atom stereocenters. The van der Waals surface area contributed by atoms with Gasteiger partial charge < -0.3 is 9.64 Å². The van der Waals surface area contributed by atoms with Crippen LogP contribution in [0.4, 0.5) is 4.39 Å². The monoisotopic (exact) mass is 319 g/mol. The molecule has 1 aromatic carbocycles. The van der Waals surface area contributed by atoms with E-state index in [1.807, 2.05) is 13.8 Å². The van der Waals surface area contributed by atoms with Crippen LogP contribution in [0.2, 0.25) is 0 Å². The van der Waals surface area contributed by atoms with Gasteiger partial charge in [-0.1, -0.05) is 12.1 Å². The molecule has 1 aliphatic heterocycles. The maximum Gasteiger partial charge on any atom is 0.246 e. The van der Waals surface area contributed by atoms with Crippen molar-refractivity contribution in [2.75, 3.05) is 13.1 Å². The molecular formula is C15H18FN5O2. The second kappa shape index (κ2) is 6.41. The number of aromatic nitrogens is 4. The average Bonchev–Trinajstić information content (AvgIpc) is 2.95. The molecule has 7 nitrogen and oxygen atoms in total. The number of hydrogen-bond acceptors (Lipinski definition) is 5. The van der Waals surface area contributed by atoms with Gasteiger partial charge >= 0.3 is 0 Å². The smallest absolute Gasteiger partial charge is 0.246 e. The van der Waals surface area contributed by atoms with Crippen LogP contribution in [0, 0.1) is 5.82 Å². The third-order valence-corrected chi connectivity index (χ3v) is 3.58. The van der Waals surface area contributed by atoms with Crippen molar-refractivity contribution in [1.29, 1.82) is 0 Å². The van der Waals surface area contributed by atoms with Gasteiger partial charge in [0.15, 0.2) is 0 Å². The number of benzene rings is 1. The van der Waals surface area contributed by atoms with E-state index in [1.165, 1.54) is 16.9 Å². The van der Waals surface area contributed by atoms with Gasteiger partial charge in [0.25, 0.3) is 0 Å². The Kier molecular flexibility index (Phi) is 4.33. The maximum atomic E-state index is 13.2. The normalized spacial score (nSPS) is 21.4. The highest BCUT2D eigenvalue weighted by molar-refractivity contribution is 5.76. The summed E-state index contributed by atoms with van der Waals surface area (Å²) >= 11 is 0. The largest absolute Gasteiger partial charge is 0.372 e. The molecule has 0 bridgehead atoms. The molecule has 1 aliphatic rings. The lowest BCUT2D eigenvalue weighted by Crippen LogP contribution is -2.49. The van der Waals surface area contributed by atoms with Crippen molar-refractivity contribution in [2.24, 2.45) is 0 Å². The van der Waals surface area contributed by atoms with Crippen molar-refractivity contribution in [2.45, 2.75) is 32.6 Å². The van der Waals surface area contributed by atoms with Gasteiger partial charge in [-0.05, 0) is 31.2 Å². The minimum atomic E-state index is -0.369. The number of rotatable bonds is 3. The van der Waals surface area contributed by atoms with Crippen LogP contribution in [0.15, 0.2) is 24.3 Å². The molecule has 1 fully saturated rings. The van der Waals surface area contributed by atoms with Gasteiger partial charge in [-0.2, -0.15) is 4.80 Å². The Labute approximate surface area is 133 Å². The highest BCUT2D eigenvalue weighted by Crippen LogP contribution is 2.15. The van der Waals surface area contributed by atoms with E-state index in [-0.39, 0.29) is 30.5 Å². The highest BCUT2D eigenvalue weighted by atomic mass is 19.1. The van der Waals surface area contributed by atoms with Crippen molar-refractivity contribution in [1.82, 2.24) is 25.1 Å². The third-order valence-electron chi connectivity index (χ3n) is 3.58. The summed E-state index contributed by atoms with van der Waals surface area (Å²) in [4.78, 5) is 15.3. The van der Waals surface area contributed by atoms with E-state index in [4.69, 9.17) is 4.74 Å². The first-order valence-electron chi connectivity index (χ1n) is 7.48. The van der Waals surface area contributed by atoms with Crippen molar-refractivity contribution in [3.05, 3.63) is 30.1 Å². The van der Waals surface area contributed by atoms with Crippen LogP contribution in [-0.2, 0) is 16.1 Å². The predicted octanol–water partition coefficient (Wildman–Crippen LogP) is 1.11. The minimum Gasteiger partial charge on any atom is -0.372 e. The lowest BCUT2D eigenvalue weighted by atomic mass is 10.2. The van der Waals surface area contributed by atoms with Crippen molar-refractivity contribution in [3.63, 3.8) is 0 Å². The van der Waals surface area contributed by atoms with Crippen molar-refractivity contribution in [3.8, 4) is 11.4 Å². The number of ether oxygens (including phenoxy) is 1. The number of carbonyl (C=O) groups excluding carboxylic acids is 1. The Bertz CT molecular complexity index is 695. The molecule has 1 saturated heterocycles. The van der Waals surface area contributed by atoms with Gasteiger partial charge in [-0.25, -0.2) is 4.39 Å². The summed E-state index contributed by atoms with van der Waals surface area (Å²) in [5, 5.41) is 11.9. The molecule has 0 saturated carbocycles. The van der Waals surface area contributed by atoms with E-state index in [9.17, 15) is 9.18 Å². The van der Waals surface area contributed by atoms with Gasteiger partial charge in [-0.3, -0.25) is 4.79 Å². The first-order chi connectivity index (χ1) is 11.0. The highest BCUT2D eigenvalue weighted by Gasteiger charge is 2.26. The summed E-state index contributed by atoms with van der Waals surface area (Å²) in [6, 6.07) is 5.94. The average molecular weight is 319 g/mol. The minimum absolute atomic E-state index is 0.00174. The predicted molar refractivity (Wildman–Crippen MR) is 79.8 cm³/mol. The Hall–Kier alpha value is -2.35. The van der Waals surface area contributed by atoms with Crippen LogP contribution in [0.5, 0.6) is 0 Å². The fourth-order valence-electron chi connectivity index (χ4n) is 2.66. The van der Waals surface area contributed by atoms with Crippen LogP contribution in [0.3, 0.4) is 0 Å². The number of hydrogen-bond donors (Lipinski definition) is 0. The van der Waals surface area contributed by atoms with E-state index < -0.39 is 0 Å². The lowest BCUT2D eigenvalue weighted by Gasteiger charge is -2.35. The molecule has 0 radical (unpaired) electrons. The maximum absolute atomic E-state index is 13.2. The Morgan fingerprint density at radius 1 is 1.35 bits per heavy atom. The van der Waals surface area contributed by atoms with E-state index in [2.05, 4.69) is 15.4 Å². The van der Waals surface area contributed by atoms with Crippen LogP contribution < -0.4 is 0 Å². The van der Waals surface area contributed by atoms with Gasteiger partial charge in [0.05, 0.1) is 12.2 Å². The second-order valence-corrected chi connectivity index (χ2v) is 5.71. The molecule has 3 rings (SSSR count). The third kappa shape index (κ3) is 3.70.